The Morgan fingerprint density at radius 3 is 2.60 bits per heavy atom. The van der Waals surface area contributed by atoms with Gasteiger partial charge in [-0.15, -0.1) is 0 Å². The van der Waals surface area contributed by atoms with Gasteiger partial charge in [-0.25, -0.2) is 0 Å². The molecule has 0 saturated heterocycles. The Balaban J connectivity index is 0.000000245. The Labute approximate surface area is 103 Å². The van der Waals surface area contributed by atoms with E-state index < -0.39 is 10.3 Å². The van der Waals surface area contributed by atoms with Gasteiger partial charge in [0, 0.05) is 15.9 Å². The number of fused-ring (bicyclic) bond motifs is 1. The molecule has 15 heavy (non-hydrogen) atoms. The second kappa shape index (κ2) is 6.55. The van der Waals surface area contributed by atoms with Crippen molar-refractivity contribution < 1.29 is 8.76 Å². The minimum atomic E-state index is -2.39. The highest BCUT2D eigenvalue weighted by molar-refractivity contribution is 8.18. The molecule has 1 heterocycles. The van der Waals surface area contributed by atoms with Gasteiger partial charge in [0.2, 0.25) is 0 Å². The highest BCUT2D eigenvalue weighted by Crippen LogP contribution is 2.27. The lowest BCUT2D eigenvalue weighted by Gasteiger charge is -2.04. The zero-order valence-corrected chi connectivity index (χ0v) is 10.7. The van der Waals surface area contributed by atoms with Gasteiger partial charge in [0.05, 0.1) is 0 Å². The van der Waals surface area contributed by atoms with Gasteiger partial charge in [-0.3, -0.25) is 4.21 Å². The third-order valence-electron chi connectivity index (χ3n) is 1.70. The van der Waals surface area contributed by atoms with Gasteiger partial charge < -0.3 is 4.55 Å². The van der Waals surface area contributed by atoms with E-state index in [1.54, 1.807) is 0 Å². The summed E-state index contributed by atoms with van der Waals surface area (Å²) in [5.74, 6) is 0.985. The second-order valence-electron chi connectivity index (χ2n) is 2.63. The van der Waals surface area contributed by atoms with Crippen molar-refractivity contribution in [1.29, 1.82) is 0 Å². The van der Waals surface area contributed by atoms with Gasteiger partial charge in [-0.1, -0.05) is 12.1 Å². The van der Waals surface area contributed by atoms with Crippen LogP contribution in [0.25, 0.3) is 6.08 Å². The van der Waals surface area contributed by atoms with Crippen molar-refractivity contribution >= 4 is 47.8 Å². The van der Waals surface area contributed by atoms with Gasteiger partial charge in [0.25, 0.3) is 0 Å². The predicted molar refractivity (Wildman–Crippen MR) is 66.6 cm³/mol. The van der Waals surface area contributed by atoms with Crippen molar-refractivity contribution in [3.05, 3.63) is 35.9 Å². The van der Waals surface area contributed by atoms with Crippen LogP contribution in [-0.4, -0.2) is 14.5 Å². The molecular weight excluding hydrogens is 275 g/mol. The second-order valence-corrected chi connectivity index (χ2v) is 6.33. The van der Waals surface area contributed by atoms with E-state index in [9.17, 15) is 0 Å². The van der Waals surface area contributed by atoms with E-state index in [4.69, 9.17) is 19.4 Å². The fraction of sp³-hybridized carbons (Fsp3) is 0.111. The predicted octanol–water partition coefficient (Wildman–Crippen LogP) is 2.86. The molecular formula is C9H8Cl2O2S2. The van der Waals surface area contributed by atoms with E-state index in [1.807, 2.05) is 12.1 Å². The standard InChI is InChI=1S/C9H8ClS.ClHO2S/c10-11-7-3-5-8-4-1-2-6-9(8)11;1-4(2)3/h1-6H,7H2;(H,2,3)/q+1;/p-1. The molecule has 2 atom stereocenters. The van der Waals surface area contributed by atoms with Gasteiger partial charge >= 0.3 is 0 Å². The molecule has 1 aromatic rings. The third-order valence-corrected chi connectivity index (χ3v) is 3.91. The summed E-state index contributed by atoms with van der Waals surface area (Å²) in [5, 5.41) is 0. The molecule has 0 aromatic heterocycles. The number of halogens is 2. The molecule has 2 rings (SSSR count). The summed E-state index contributed by atoms with van der Waals surface area (Å²) >= 11 is 0. The fourth-order valence-electron chi connectivity index (χ4n) is 1.17. The lowest BCUT2D eigenvalue weighted by molar-refractivity contribution is 0.552. The monoisotopic (exact) mass is 282 g/mol. The molecule has 6 heteroatoms. The molecule has 0 amide bonds. The topological polar surface area (TPSA) is 40.1 Å². The molecule has 2 unspecified atom stereocenters. The number of benzene rings is 1. The van der Waals surface area contributed by atoms with Crippen LogP contribution in [-0.2, 0) is 20.4 Å². The first-order valence-corrected chi connectivity index (χ1v) is 8.11. The van der Waals surface area contributed by atoms with Gasteiger partial charge in [-0.05, 0) is 35.0 Å². The molecule has 0 radical (unpaired) electrons. The maximum Gasteiger partial charge on any atom is 0.183 e. The molecule has 1 aliphatic heterocycles. The normalized spacial score (nSPS) is 19.8. The minimum absolute atomic E-state index is 0.0797. The van der Waals surface area contributed by atoms with Crippen LogP contribution in [0.3, 0.4) is 0 Å². The van der Waals surface area contributed by atoms with Crippen LogP contribution in [0.1, 0.15) is 5.56 Å². The third kappa shape index (κ3) is 4.57. The zero-order chi connectivity index (χ0) is 11.3. The summed E-state index contributed by atoms with van der Waals surface area (Å²) in [6.07, 6.45) is 4.28. The van der Waals surface area contributed by atoms with Crippen molar-refractivity contribution in [2.75, 3.05) is 5.75 Å². The Kier molecular flexibility index (Phi) is 5.71. The van der Waals surface area contributed by atoms with Crippen LogP contribution in [0.2, 0.25) is 0 Å². The molecule has 0 fully saturated rings. The summed E-state index contributed by atoms with van der Waals surface area (Å²) in [6, 6.07) is 8.30. The number of hydrogen-bond acceptors (Lipinski definition) is 2. The van der Waals surface area contributed by atoms with Crippen LogP contribution in [0.4, 0.5) is 0 Å². The maximum absolute atomic E-state index is 8.77. The maximum atomic E-state index is 8.77. The average Bonchev–Trinajstić information content (AvgIpc) is 2.18. The lowest BCUT2D eigenvalue weighted by atomic mass is 10.2. The van der Waals surface area contributed by atoms with Crippen molar-refractivity contribution in [2.45, 2.75) is 4.90 Å². The summed E-state index contributed by atoms with van der Waals surface area (Å²) in [7, 11) is 7.85. The molecule has 0 aliphatic carbocycles. The van der Waals surface area contributed by atoms with E-state index in [1.165, 1.54) is 10.5 Å². The Morgan fingerprint density at radius 1 is 1.40 bits per heavy atom. The summed E-state index contributed by atoms with van der Waals surface area (Å²) in [6.45, 7) is 0. The molecule has 1 aromatic carbocycles. The van der Waals surface area contributed by atoms with Crippen LogP contribution in [0.5, 0.6) is 0 Å². The zero-order valence-electron chi connectivity index (χ0n) is 7.56. The lowest BCUT2D eigenvalue weighted by Crippen LogP contribution is -2.03. The van der Waals surface area contributed by atoms with E-state index in [0.29, 0.717) is 0 Å². The summed E-state index contributed by atoms with van der Waals surface area (Å²) in [5.41, 5.74) is 1.28. The Hall–Kier alpha value is -0.000000000000000111. The highest BCUT2D eigenvalue weighted by Gasteiger charge is 2.23. The van der Waals surface area contributed by atoms with Crippen LogP contribution in [0.15, 0.2) is 35.2 Å². The highest BCUT2D eigenvalue weighted by atomic mass is 35.7. The van der Waals surface area contributed by atoms with Gasteiger partial charge in [-0.2, -0.15) is 0 Å². The first-order chi connectivity index (χ1) is 7.11. The molecule has 0 bridgehead atoms. The van der Waals surface area contributed by atoms with E-state index in [2.05, 4.69) is 35.0 Å². The number of rotatable bonds is 0. The number of hydrogen-bond donors (Lipinski definition) is 0. The summed E-state index contributed by atoms with van der Waals surface area (Å²) < 4.78 is 17.5. The van der Waals surface area contributed by atoms with Crippen molar-refractivity contribution in [2.24, 2.45) is 0 Å². The smallest absolute Gasteiger partial charge is 0.183 e. The van der Waals surface area contributed by atoms with E-state index >= 15 is 0 Å². The Bertz CT molecular complexity index is 378. The fourth-order valence-corrected chi connectivity index (χ4v) is 2.87. The molecule has 2 nitrogen and oxygen atoms in total. The van der Waals surface area contributed by atoms with Crippen molar-refractivity contribution in [3.63, 3.8) is 0 Å². The Morgan fingerprint density at radius 2 is 2.00 bits per heavy atom. The minimum Gasteiger partial charge on any atom is -0.760 e. The molecule has 1 aliphatic rings. The van der Waals surface area contributed by atoms with Crippen LogP contribution >= 0.6 is 21.4 Å². The van der Waals surface area contributed by atoms with Crippen molar-refractivity contribution in [1.82, 2.24) is 0 Å². The van der Waals surface area contributed by atoms with Crippen molar-refractivity contribution in [3.8, 4) is 0 Å². The quantitative estimate of drug-likeness (QED) is 0.417. The molecule has 82 valence electrons. The van der Waals surface area contributed by atoms with E-state index in [-0.39, 0.29) is 10.1 Å². The van der Waals surface area contributed by atoms with Crippen LogP contribution < -0.4 is 0 Å². The van der Waals surface area contributed by atoms with Gasteiger partial charge in [0.1, 0.15) is 10.1 Å². The average molecular weight is 283 g/mol. The largest absolute Gasteiger partial charge is 0.760 e. The summed E-state index contributed by atoms with van der Waals surface area (Å²) in [4.78, 5) is 1.29. The first kappa shape index (κ1) is 13.1. The van der Waals surface area contributed by atoms with E-state index in [0.717, 1.165) is 5.75 Å². The first-order valence-electron chi connectivity index (χ1n) is 3.99. The SMILES string of the molecule is Cl[S+]1CC=Cc2ccccc21.O=S([O-])Cl. The molecule has 0 saturated carbocycles. The van der Waals surface area contributed by atoms with Crippen LogP contribution in [0, 0.1) is 0 Å². The molecule has 0 N–H and O–H groups in total. The van der Waals surface area contributed by atoms with Gasteiger partial charge in [0.15, 0.2) is 21.3 Å². The molecule has 0 spiro atoms.